The second-order valence-electron chi connectivity index (χ2n) is 14.8. The van der Waals surface area contributed by atoms with Crippen LogP contribution in [0.2, 0.25) is 0 Å². The standard InChI is InChI=1S/C53H34N2S/c1-2-18-37(19-3-1)53(43-24-10-6-20-39(43)40-21-7-11-25-44(40)53)55-45-26-12-8-22-41(45)51-46(27-14-29-48(51)55)54(38-33-32-35-16-4-5-17-36(35)34-38)47-28-15-31-50-52(47)42-23-9-13-30-49(42)56-50/h1-34H. The molecule has 2 aromatic heterocycles. The molecule has 0 atom stereocenters. The summed E-state index contributed by atoms with van der Waals surface area (Å²) in [6, 6.07) is 76.4. The SMILES string of the molecule is c1ccc(C2(n3c4ccccc4c4c(N(c5ccc6ccccc6c5)c5cccc6sc7ccccc7c56)cccc43)c3ccccc3-c3ccccc32)cc1. The Kier molecular flexibility index (Phi) is 6.75. The van der Waals surface area contributed by atoms with Crippen molar-refractivity contribution in [3.63, 3.8) is 0 Å². The minimum Gasteiger partial charge on any atom is -0.322 e. The number of para-hydroxylation sites is 1. The Morgan fingerprint density at radius 1 is 0.411 bits per heavy atom. The highest BCUT2D eigenvalue weighted by Gasteiger charge is 2.47. The van der Waals surface area contributed by atoms with Gasteiger partial charge in [-0.25, -0.2) is 0 Å². The van der Waals surface area contributed by atoms with E-state index < -0.39 is 5.54 Å². The Balaban J connectivity index is 1.25. The van der Waals surface area contributed by atoms with Gasteiger partial charge in [0, 0.05) is 36.6 Å². The molecule has 0 spiro atoms. The molecule has 1 aliphatic carbocycles. The first-order chi connectivity index (χ1) is 27.8. The monoisotopic (exact) mass is 730 g/mol. The van der Waals surface area contributed by atoms with Gasteiger partial charge in [-0.05, 0) is 87.1 Å². The van der Waals surface area contributed by atoms with Crippen LogP contribution in [0.3, 0.4) is 0 Å². The molecule has 262 valence electrons. The maximum absolute atomic E-state index is 2.65. The Morgan fingerprint density at radius 2 is 1.00 bits per heavy atom. The minimum atomic E-state index is -0.619. The van der Waals surface area contributed by atoms with E-state index in [-0.39, 0.29) is 0 Å². The van der Waals surface area contributed by atoms with Crippen LogP contribution in [0.15, 0.2) is 206 Å². The third-order valence-electron chi connectivity index (χ3n) is 12.0. The number of nitrogens with zero attached hydrogens (tertiary/aromatic N) is 2. The largest absolute Gasteiger partial charge is 0.322 e. The number of aromatic nitrogens is 1. The van der Waals surface area contributed by atoms with Gasteiger partial charge in [-0.3, -0.25) is 0 Å². The van der Waals surface area contributed by atoms with E-state index in [9.17, 15) is 0 Å². The number of benzene rings is 9. The van der Waals surface area contributed by atoms with E-state index >= 15 is 0 Å². The zero-order valence-electron chi connectivity index (χ0n) is 30.4. The van der Waals surface area contributed by atoms with Crippen LogP contribution >= 0.6 is 11.3 Å². The van der Waals surface area contributed by atoms with Gasteiger partial charge in [0.15, 0.2) is 0 Å². The molecular formula is C53H34N2S. The molecule has 0 amide bonds. The molecule has 2 heterocycles. The lowest BCUT2D eigenvalue weighted by Crippen LogP contribution is -2.35. The van der Waals surface area contributed by atoms with Crippen molar-refractivity contribution in [1.82, 2.24) is 4.57 Å². The van der Waals surface area contributed by atoms with Gasteiger partial charge in [-0.15, -0.1) is 11.3 Å². The van der Waals surface area contributed by atoms with Gasteiger partial charge in [0.1, 0.15) is 5.54 Å². The normalized spacial score (nSPS) is 13.1. The van der Waals surface area contributed by atoms with E-state index in [4.69, 9.17) is 0 Å². The number of anilines is 3. The first-order valence-corrected chi connectivity index (χ1v) is 20.1. The van der Waals surface area contributed by atoms with Crippen molar-refractivity contribution in [2.75, 3.05) is 4.90 Å². The van der Waals surface area contributed by atoms with E-state index in [0.717, 1.165) is 11.4 Å². The molecule has 0 aliphatic heterocycles. The molecule has 3 heteroatoms. The average Bonchev–Trinajstić information content (AvgIpc) is 3.91. The Bertz CT molecular complexity index is 3290. The molecule has 0 saturated carbocycles. The zero-order chi connectivity index (χ0) is 36.8. The van der Waals surface area contributed by atoms with Gasteiger partial charge in [-0.1, -0.05) is 158 Å². The van der Waals surface area contributed by atoms with Gasteiger partial charge < -0.3 is 9.47 Å². The van der Waals surface area contributed by atoms with Crippen LogP contribution in [0.4, 0.5) is 17.1 Å². The van der Waals surface area contributed by atoms with E-state index in [0.29, 0.717) is 0 Å². The summed E-state index contributed by atoms with van der Waals surface area (Å²) >= 11 is 1.87. The quantitative estimate of drug-likeness (QED) is 0.171. The summed E-state index contributed by atoms with van der Waals surface area (Å²) in [4.78, 5) is 2.53. The van der Waals surface area contributed by atoms with Crippen LogP contribution in [0.1, 0.15) is 16.7 Å². The lowest BCUT2D eigenvalue weighted by Gasteiger charge is -2.36. The van der Waals surface area contributed by atoms with Crippen molar-refractivity contribution in [2.24, 2.45) is 0 Å². The van der Waals surface area contributed by atoms with Gasteiger partial charge in [-0.2, -0.15) is 0 Å². The maximum atomic E-state index is 2.65. The predicted octanol–water partition coefficient (Wildman–Crippen LogP) is 14.6. The lowest BCUT2D eigenvalue weighted by molar-refractivity contribution is 0.564. The van der Waals surface area contributed by atoms with Crippen molar-refractivity contribution in [3.05, 3.63) is 223 Å². The van der Waals surface area contributed by atoms with Crippen molar-refractivity contribution in [2.45, 2.75) is 5.54 Å². The molecular weight excluding hydrogens is 697 g/mol. The lowest BCUT2D eigenvalue weighted by atomic mass is 9.80. The smallest absolute Gasteiger partial charge is 0.122 e. The van der Waals surface area contributed by atoms with Crippen LogP contribution in [0.5, 0.6) is 0 Å². The topological polar surface area (TPSA) is 8.17 Å². The third kappa shape index (κ3) is 4.26. The number of hydrogen-bond acceptors (Lipinski definition) is 2. The molecule has 0 bridgehead atoms. The molecule has 0 fully saturated rings. The molecule has 2 nitrogen and oxygen atoms in total. The molecule has 12 rings (SSSR count). The highest BCUT2D eigenvalue weighted by molar-refractivity contribution is 7.26. The highest BCUT2D eigenvalue weighted by atomic mass is 32.1. The molecule has 0 N–H and O–H groups in total. The van der Waals surface area contributed by atoms with Crippen LogP contribution < -0.4 is 4.90 Å². The Labute approximate surface area is 328 Å². The molecule has 0 saturated heterocycles. The summed E-state index contributed by atoms with van der Waals surface area (Å²) in [5, 5.41) is 7.46. The number of thiophene rings is 1. The molecule has 0 radical (unpaired) electrons. The molecule has 11 aromatic rings. The number of fused-ring (bicyclic) bond motifs is 10. The van der Waals surface area contributed by atoms with Crippen LogP contribution in [-0.2, 0) is 5.54 Å². The summed E-state index contributed by atoms with van der Waals surface area (Å²) in [6.45, 7) is 0. The van der Waals surface area contributed by atoms with Crippen LogP contribution in [0.25, 0.3) is 63.9 Å². The van der Waals surface area contributed by atoms with E-state index in [1.165, 1.54) is 86.3 Å². The maximum Gasteiger partial charge on any atom is 0.122 e. The summed E-state index contributed by atoms with van der Waals surface area (Å²) in [5.74, 6) is 0. The second kappa shape index (κ2) is 12.0. The van der Waals surface area contributed by atoms with Crippen molar-refractivity contribution >= 4 is 81.1 Å². The number of hydrogen-bond donors (Lipinski definition) is 0. The first kappa shape index (κ1) is 31.4. The van der Waals surface area contributed by atoms with Crippen molar-refractivity contribution in [1.29, 1.82) is 0 Å². The molecule has 0 unspecified atom stereocenters. The fraction of sp³-hybridized carbons (Fsp3) is 0.0189. The van der Waals surface area contributed by atoms with E-state index in [1.807, 2.05) is 11.3 Å². The fourth-order valence-corrected chi connectivity index (χ4v) is 10.9. The fourth-order valence-electron chi connectivity index (χ4n) is 9.79. The molecule has 1 aliphatic rings. The minimum absolute atomic E-state index is 0.619. The first-order valence-electron chi connectivity index (χ1n) is 19.3. The summed E-state index contributed by atoms with van der Waals surface area (Å²) < 4.78 is 5.23. The van der Waals surface area contributed by atoms with Crippen LogP contribution in [0, 0.1) is 0 Å². The third-order valence-corrected chi connectivity index (χ3v) is 13.1. The second-order valence-corrected chi connectivity index (χ2v) is 15.9. The van der Waals surface area contributed by atoms with Crippen molar-refractivity contribution < 1.29 is 0 Å². The Hall–Kier alpha value is -6.94. The van der Waals surface area contributed by atoms with E-state index in [2.05, 4.69) is 216 Å². The summed E-state index contributed by atoms with van der Waals surface area (Å²) in [5.41, 5.74) is 11.6. The van der Waals surface area contributed by atoms with Gasteiger partial charge in [0.25, 0.3) is 0 Å². The zero-order valence-corrected chi connectivity index (χ0v) is 31.2. The average molecular weight is 731 g/mol. The number of rotatable bonds is 5. The van der Waals surface area contributed by atoms with E-state index in [1.54, 1.807) is 0 Å². The van der Waals surface area contributed by atoms with Gasteiger partial charge in [0.2, 0.25) is 0 Å². The Morgan fingerprint density at radius 3 is 1.80 bits per heavy atom. The predicted molar refractivity (Wildman–Crippen MR) is 238 cm³/mol. The van der Waals surface area contributed by atoms with Crippen LogP contribution in [-0.4, -0.2) is 4.57 Å². The van der Waals surface area contributed by atoms with Gasteiger partial charge >= 0.3 is 0 Å². The molecule has 56 heavy (non-hydrogen) atoms. The summed E-state index contributed by atoms with van der Waals surface area (Å²) in [6.07, 6.45) is 0. The van der Waals surface area contributed by atoms with Crippen molar-refractivity contribution in [3.8, 4) is 11.1 Å². The highest BCUT2D eigenvalue weighted by Crippen LogP contribution is 2.57. The molecule has 9 aromatic carbocycles. The summed E-state index contributed by atoms with van der Waals surface area (Å²) in [7, 11) is 0. The van der Waals surface area contributed by atoms with Gasteiger partial charge in [0.05, 0.1) is 22.4 Å².